The summed E-state index contributed by atoms with van der Waals surface area (Å²) in [4.78, 5) is 4.07. The van der Waals surface area contributed by atoms with Crippen molar-refractivity contribution in [1.29, 1.82) is 0 Å². The molecule has 1 aliphatic heterocycles. The quantitative estimate of drug-likeness (QED) is 0.664. The van der Waals surface area contributed by atoms with Crippen molar-refractivity contribution in [1.82, 2.24) is 10.5 Å². The number of anilines is 3. The highest BCUT2D eigenvalue weighted by Crippen LogP contribution is 2.30. The SMILES string of the molecule is Nc1cc(Cc2cc(F)ccc2F)c2c(n1)NNN2. The average Bonchev–Trinajstić information content (AvgIpc) is 2.82. The molecule has 0 spiro atoms. The van der Waals surface area contributed by atoms with Gasteiger partial charge < -0.3 is 11.2 Å². The predicted molar refractivity (Wildman–Crippen MR) is 68.2 cm³/mol. The normalized spacial score (nSPS) is 12.7. The second-order valence-corrected chi connectivity index (χ2v) is 4.22. The molecule has 0 amide bonds. The monoisotopic (exact) mass is 263 g/mol. The summed E-state index contributed by atoms with van der Waals surface area (Å²) >= 11 is 0. The minimum absolute atomic E-state index is 0.217. The van der Waals surface area contributed by atoms with E-state index in [2.05, 4.69) is 21.4 Å². The summed E-state index contributed by atoms with van der Waals surface area (Å²) in [5, 5.41) is 0. The summed E-state index contributed by atoms with van der Waals surface area (Å²) in [6.45, 7) is 0. The minimum Gasteiger partial charge on any atom is -0.384 e. The van der Waals surface area contributed by atoms with Gasteiger partial charge in [0.05, 0.1) is 5.69 Å². The first kappa shape index (κ1) is 11.7. The third-order valence-corrected chi connectivity index (χ3v) is 2.88. The number of aromatic nitrogens is 1. The number of hydrazine groups is 2. The fourth-order valence-electron chi connectivity index (χ4n) is 2.03. The standard InChI is InChI=1S/C12H11F2N5/c13-8-1-2-9(14)6(4-8)3-7-5-10(15)16-12-11(7)17-19-18-12/h1-2,4-5,17,19H,3H2,(H3,15,16,18). The van der Waals surface area contributed by atoms with Gasteiger partial charge in [-0.2, -0.15) is 0 Å². The molecule has 0 bridgehead atoms. The van der Waals surface area contributed by atoms with Crippen molar-refractivity contribution in [3.05, 3.63) is 47.0 Å². The number of nitrogens with zero attached hydrogens (tertiary/aromatic N) is 1. The maximum Gasteiger partial charge on any atom is 0.169 e. The van der Waals surface area contributed by atoms with Crippen molar-refractivity contribution in [2.24, 2.45) is 0 Å². The number of halogens is 2. The van der Waals surface area contributed by atoms with E-state index in [-0.39, 0.29) is 12.0 Å². The van der Waals surface area contributed by atoms with Crippen LogP contribution < -0.4 is 22.1 Å². The predicted octanol–water partition coefficient (Wildman–Crippen LogP) is 1.79. The molecule has 19 heavy (non-hydrogen) atoms. The van der Waals surface area contributed by atoms with Crippen molar-refractivity contribution in [2.75, 3.05) is 16.6 Å². The van der Waals surface area contributed by atoms with Gasteiger partial charge in [-0.15, -0.1) is 5.53 Å². The summed E-state index contributed by atoms with van der Waals surface area (Å²) in [6.07, 6.45) is 0.217. The lowest BCUT2D eigenvalue weighted by atomic mass is 10.0. The van der Waals surface area contributed by atoms with Gasteiger partial charge in [0.15, 0.2) is 5.82 Å². The molecular weight excluding hydrogens is 252 g/mol. The van der Waals surface area contributed by atoms with E-state index < -0.39 is 11.6 Å². The van der Waals surface area contributed by atoms with Gasteiger partial charge in [-0.05, 0) is 35.4 Å². The molecule has 1 aromatic heterocycles. The fraction of sp³-hybridized carbons (Fsp3) is 0.0833. The molecule has 5 nitrogen and oxygen atoms in total. The van der Waals surface area contributed by atoms with Crippen molar-refractivity contribution in [3.8, 4) is 0 Å². The minimum atomic E-state index is -0.473. The number of nitrogens with one attached hydrogen (secondary N) is 3. The lowest BCUT2D eigenvalue weighted by molar-refractivity contribution is 0.588. The van der Waals surface area contributed by atoms with E-state index in [0.29, 0.717) is 17.3 Å². The van der Waals surface area contributed by atoms with E-state index in [1.54, 1.807) is 6.07 Å². The van der Waals surface area contributed by atoms with Crippen LogP contribution in [0.25, 0.3) is 0 Å². The van der Waals surface area contributed by atoms with Gasteiger partial charge in [0.2, 0.25) is 0 Å². The molecule has 5 N–H and O–H groups in total. The number of fused-ring (bicyclic) bond motifs is 1. The number of hydrogen-bond acceptors (Lipinski definition) is 5. The molecule has 7 heteroatoms. The topological polar surface area (TPSA) is 75.0 Å². The highest BCUT2D eigenvalue weighted by molar-refractivity contribution is 5.74. The first-order chi connectivity index (χ1) is 9.13. The third kappa shape index (κ3) is 2.15. The number of pyridine rings is 1. The van der Waals surface area contributed by atoms with Gasteiger partial charge in [0.1, 0.15) is 17.5 Å². The largest absolute Gasteiger partial charge is 0.384 e. The number of nitrogen functional groups attached to an aromatic ring is 1. The molecule has 0 atom stereocenters. The molecule has 0 unspecified atom stereocenters. The lowest BCUT2D eigenvalue weighted by Crippen LogP contribution is -2.19. The number of hydrogen-bond donors (Lipinski definition) is 4. The Morgan fingerprint density at radius 1 is 1.11 bits per heavy atom. The van der Waals surface area contributed by atoms with Gasteiger partial charge in [-0.3, -0.25) is 5.43 Å². The molecule has 0 saturated carbocycles. The van der Waals surface area contributed by atoms with E-state index in [0.717, 1.165) is 17.7 Å². The van der Waals surface area contributed by atoms with Crippen LogP contribution in [0.1, 0.15) is 11.1 Å². The Morgan fingerprint density at radius 2 is 1.95 bits per heavy atom. The zero-order valence-corrected chi connectivity index (χ0v) is 9.80. The van der Waals surface area contributed by atoms with Crippen LogP contribution in [0.2, 0.25) is 0 Å². The smallest absolute Gasteiger partial charge is 0.169 e. The maximum atomic E-state index is 13.6. The van der Waals surface area contributed by atoms with Crippen LogP contribution in [-0.2, 0) is 6.42 Å². The van der Waals surface area contributed by atoms with Crippen LogP contribution >= 0.6 is 0 Å². The number of rotatable bonds is 2. The van der Waals surface area contributed by atoms with E-state index in [1.807, 2.05) is 0 Å². The molecule has 0 fully saturated rings. The second kappa shape index (κ2) is 4.36. The third-order valence-electron chi connectivity index (χ3n) is 2.88. The number of nitrogens with two attached hydrogens (primary N) is 1. The molecule has 2 aromatic rings. The van der Waals surface area contributed by atoms with Crippen molar-refractivity contribution >= 4 is 17.3 Å². The average molecular weight is 263 g/mol. The number of benzene rings is 1. The zero-order valence-electron chi connectivity index (χ0n) is 9.80. The first-order valence-corrected chi connectivity index (χ1v) is 5.64. The van der Waals surface area contributed by atoms with Gasteiger partial charge in [-0.1, -0.05) is 0 Å². The van der Waals surface area contributed by atoms with Crippen LogP contribution in [0, 0.1) is 11.6 Å². The Kier molecular flexibility index (Phi) is 2.68. The van der Waals surface area contributed by atoms with Crippen molar-refractivity contribution < 1.29 is 8.78 Å². The van der Waals surface area contributed by atoms with Crippen molar-refractivity contribution in [2.45, 2.75) is 6.42 Å². The van der Waals surface area contributed by atoms with Gasteiger partial charge in [0.25, 0.3) is 0 Å². The summed E-state index contributed by atoms with van der Waals surface area (Å²) in [5.74, 6) is -0.0842. The van der Waals surface area contributed by atoms with E-state index in [1.165, 1.54) is 6.07 Å². The highest BCUT2D eigenvalue weighted by atomic mass is 19.1. The van der Waals surface area contributed by atoms with Crippen LogP contribution in [0.3, 0.4) is 0 Å². The Labute approximate surface area is 107 Å². The molecule has 1 aliphatic rings. The van der Waals surface area contributed by atoms with E-state index in [9.17, 15) is 8.78 Å². The molecule has 98 valence electrons. The Balaban J connectivity index is 2.02. The molecule has 2 heterocycles. The van der Waals surface area contributed by atoms with Gasteiger partial charge >= 0.3 is 0 Å². The van der Waals surface area contributed by atoms with Gasteiger partial charge in [0, 0.05) is 6.42 Å². The molecule has 0 aliphatic carbocycles. The summed E-state index contributed by atoms with van der Waals surface area (Å²) < 4.78 is 26.8. The first-order valence-electron chi connectivity index (χ1n) is 5.64. The molecule has 0 saturated heterocycles. The molecule has 1 aromatic carbocycles. The summed E-state index contributed by atoms with van der Waals surface area (Å²) in [7, 11) is 0. The Morgan fingerprint density at radius 3 is 2.79 bits per heavy atom. The second-order valence-electron chi connectivity index (χ2n) is 4.22. The maximum absolute atomic E-state index is 13.6. The van der Waals surface area contributed by atoms with Gasteiger partial charge in [-0.25, -0.2) is 13.8 Å². The zero-order chi connectivity index (χ0) is 13.4. The van der Waals surface area contributed by atoms with Crippen LogP contribution in [0.4, 0.5) is 26.1 Å². The molecular formula is C12H11F2N5. The highest BCUT2D eigenvalue weighted by Gasteiger charge is 2.17. The van der Waals surface area contributed by atoms with Crippen LogP contribution in [0.15, 0.2) is 24.3 Å². The van der Waals surface area contributed by atoms with Crippen LogP contribution in [-0.4, -0.2) is 4.98 Å². The Hall–Kier alpha value is -2.41. The summed E-state index contributed by atoms with van der Waals surface area (Å²) in [6, 6.07) is 5.00. The van der Waals surface area contributed by atoms with E-state index in [4.69, 9.17) is 5.73 Å². The van der Waals surface area contributed by atoms with E-state index >= 15 is 0 Å². The fourth-order valence-corrected chi connectivity index (χ4v) is 2.03. The Bertz CT molecular complexity index is 644. The van der Waals surface area contributed by atoms with Crippen molar-refractivity contribution in [3.63, 3.8) is 0 Å². The van der Waals surface area contributed by atoms with Crippen LogP contribution in [0.5, 0.6) is 0 Å². The molecule has 0 radical (unpaired) electrons. The summed E-state index contributed by atoms with van der Waals surface area (Å²) in [5.41, 5.74) is 15.7. The molecule has 3 rings (SSSR count). The lowest BCUT2D eigenvalue weighted by Gasteiger charge is -2.09.